The minimum Gasteiger partial charge on any atom is -0.493 e. The highest BCUT2D eigenvalue weighted by atomic mass is 16.6. The number of anilines is 1. The molecule has 0 unspecified atom stereocenters. The molecule has 2 aromatic rings. The van der Waals surface area contributed by atoms with E-state index in [1.165, 1.54) is 40.4 Å². The first-order valence-electron chi connectivity index (χ1n) is 6.65. The van der Waals surface area contributed by atoms with Crippen molar-refractivity contribution in [3.05, 3.63) is 33.7 Å². The molecule has 2 rings (SSSR count). The molecule has 10 nitrogen and oxygen atoms in total. The lowest BCUT2D eigenvalue weighted by molar-refractivity contribution is -0.386. The molecule has 128 valence electrons. The van der Waals surface area contributed by atoms with Gasteiger partial charge in [0.15, 0.2) is 11.5 Å². The quantitative estimate of drug-likeness (QED) is 0.628. The SMILES string of the molecule is COc1cc(NC(=O)c2noc(C)c2[N+](=O)[O-])cc(OC)c1OC. The molecule has 0 atom stereocenters. The average molecular weight is 337 g/mol. The van der Waals surface area contributed by atoms with Crippen LogP contribution in [0.2, 0.25) is 0 Å². The summed E-state index contributed by atoms with van der Waals surface area (Å²) < 4.78 is 20.2. The fraction of sp³-hybridized carbons (Fsp3) is 0.286. The number of ether oxygens (including phenoxy) is 3. The van der Waals surface area contributed by atoms with E-state index in [0.717, 1.165) is 0 Å². The predicted molar refractivity (Wildman–Crippen MR) is 81.9 cm³/mol. The number of hydrogen-bond acceptors (Lipinski definition) is 8. The Balaban J connectivity index is 2.38. The lowest BCUT2D eigenvalue weighted by atomic mass is 10.2. The Bertz CT molecular complexity index is 760. The van der Waals surface area contributed by atoms with E-state index < -0.39 is 22.2 Å². The summed E-state index contributed by atoms with van der Waals surface area (Å²) in [5, 5.41) is 16.9. The van der Waals surface area contributed by atoms with Gasteiger partial charge in [0.25, 0.3) is 5.91 Å². The van der Waals surface area contributed by atoms with Crippen LogP contribution in [0.25, 0.3) is 0 Å². The van der Waals surface area contributed by atoms with Gasteiger partial charge in [0.2, 0.25) is 17.2 Å². The molecule has 0 radical (unpaired) electrons. The van der Waals surface area contributed by atoms with Gasteiger partial charge in [-0.1, -0.05) is 5.16 Å². The first kappa shape index (κ1) is 17.1. The van der Waals surface area contributed by atoms with Gasteiger partial charge >= 0.3 is 5.69 Å². The van der Waals surface area contributed by atoms with Crippen LogP contribution in [0.4, 0.5) is 11.4 Å². The fourth-order valence-corrected chi connectivity index (χ4v) is 2.07. The normalized spacial score (nSPS) is 10.2. The van der Waals surface area contributed by atoms with Crippen LogP contribution in [-0.2, 0) is 0 Å². The Labute approximate surface area is 136 Å². The summed E-state index contributed by atoms with van der Waals surface area (Å²) in [5.74, 6) is 0.125. The van der Waals surface area contributed by atoms with Crippen molar-refractivity contribution >= 4 is 17.3 Å². The lowest BCUT2D eigenvalue weighted by Crippen LogP contribution is -2.14. The number of carbonyl (C=O) groups is 1. The maximum Gasteiger partial charge on any atom is 0.344 e. The van der Waals surface area contributed by atoms with Crippen LogP contribution in [0, 0.1) is 17.0 Å². The summed E-state index contributed by atoms with van der Waals surface area (Å²) in [4.78, 5) is 22.5. The van der Waals surface area contributed by atoms with Gasteiger partial charge in [-0.3, -0.25) is 14.9 Å². The van der Waals surface area contributed by atoms with E-state index in [-0.39, 0.29) is 11.4 Å². The summed E-state index contributed by atoms with van der Waals surface area (Å²) in [5.41, 5.74) is -0.629. The number of methoxy groups -OCH3 is 3. The second kappa shape index (κ2) is 6.86. The minimum atomic E-state index is -0.798. The number of amides is 1. The van der Waals surface area contributed by atoms with Crippen LogP contribution in [0.3, 0.4) is 0 Å². The molecule has 0 aliphatic rings. The molecule has 0 fully saturated rings. The van der Waals surface area contributed by atoms with E-state index in [9.17, 15) is 14.9 Å². The van der Waals surface area contributed by atoms with Gasteiger partial charge < -0.3 is 24.1 Å². The molecule has 0 saturated carbocycles. The van der Waals surface area contributed by atoms with Crippen molar-refractivity contribution in [1.82, 2.24) is 5.16 Å². The predicted octanol–water partition coefficient (Wildman–Crippen LogP) is 2.17. The van der Waals surface area contributed by atoms with Gasteiger partial charge in [-0.25, -0.2) is 0 Å². The van der Waals surface area contributed by atoms with Gasteiger partial charge in [-0.05, 0) is 0 Å². The molecule has 1 heterocycles. The van der Waals surface area contributed by atoms with Gasteiger partial charge in [0.05, 0.1) is 26.3 Å². The molecule has 0 bridgehead atoms. The zero-order valence-electron chi connectivity index (χ0n) is 13.4. The number of hydrogen-bond donors (Lipinski definition) is 1. The maximum absolute atomic E-state index is 12.3. The maximum atomic E-state index is 12.3. The smallest absolute Gasteiger partial charge is 0.344 e. The van der Waals surface area contributed by atoms with Crippen molar-refractivity contribution in [3.63, 3.8) is 0 Å². The third-order valence-electron chi connectivity index (χ3n) is 3.15. The van der Waals surface area contributed by atoms with Crippen molar-refractivity contribution in [2.24, 2.45) is 0 Å². The summed E-state index contributed by atoms with van der Waals surface area (Å²) in [6.45, 7) is 1.35. The summed E-state index contributed by atoms with van der Waals surface area (Å²) in [7, 11) is 4.30. The number of nitrogens with zero attached hydrogens (tertiary/aromatic N) is 2. The highest BCUT2D eigenvalue weighted by Gasteiger charge is 2.29. The van der Waals surface area contributed by atoms with E-state index in [1.807, 2.05) is 0 Å². The number of benzene rings is 1. The van der Waals surface area contributed by atoms with Gasteiger partial charge in [0.1, 0.15) is 0 Å². The second-order valence-corrected chi connectivity index (χ2v) is 4.56. The number of nitrogens with one attached hydrogen (secondary N) is 1. The second-order valence-electron chi connectivity index (χ2n) is 4.56. The topological polar surface area (TPSA) is 126 Å². The molecule has 1 aromatic carbocycles. The Hall–Kier alpha value is -3.30. The Kier molecular flexibility index (Phi) is 4.87. The zero-order chi connectivity index (χ0) is 17.9. The van der Waals surface area contributed by atoms with Crippen molar-refractivity contribution in [1.29, 1.82) is 0 Å². The molecule has 24 heavy (non-hydrogen) atoms. The standard InChI is InChI=1S/C14H15N3O7/c1-7-12(17(19)20)11(16-24-7)14(18)15-8-5-9(21-2)13(23-4)10(6-8)22-3/h5-6H,1-4H3,(H,15,18). The van der Waals surface area contributed by atoms with Crippen LogP contribution in [-0.4, -0.2) is 37.3 Å². The third kappa shape index (κ3) is 3.07. The number of aryl methyl sites for hydroxylation is 1. The van der Waals surface area contributed by atoms with Crippen LogP contribution in [0.5, 0.6) is 17.2 Å². The Morgan fingerprint density at radius 1 is 1.21 bits per heavy atom. The Morgan fingerprint density at radius 3 is 2.25 bits per heavy atom. The van der Waals surface area contributed by atoms with Crippen molar-refractivity contribution in [2.45, 2.75) is 6.92 Å². The number of rotatable bonds is 6. The highest BCUT2D eigenvalue weighted by molar-refractivity contribution is 6.05. The van der Waals surface area contributed by atoms with Crippen molar-refractivity contribution in [3.8, 4) is 17.2 Å². The van der Waals surface area contributed by atoms with Crippen LogP contribution in [0.1, 0.15) is 16.2 Å². The minimum absolute atomic E-state index is 0.0601. The largest absolute Gasteiger partial charge is 0.493 e. The molecule has 0 saturated heterocycles. The molecule has 0 aliphatic carbocycles. The van der Waals surface area contributed by atoms with E-state index >= 15 is 0 Å². The number of carbonyl (C=O) groups excluding carboxylic acids is 1. The average Bonchev–Trinajstić information content (AvgIpc) is 2.95. The van der Waals surface area contributed by atoms with Crippen LogP contribution >= 0.6 is 0 Å². The molecule has 10 heteroatoms. The first-order valence-corrected chi connectivity index (χ1v) is 6.65. The summed E-state index contributed by atoms with van der Waals surface area (Å²) in [6.07, 6.45) is 0. The summed E-state index contributed by atoms with van der Waals surface area (Å²) in [6, 6.07) is 2.97. The van der Waals surface area contributed by atoms with Crippen LogP contribution in [0.15, 0.2) is 16.7 Å². The van der Waals surface area contributed by atoms with Crippen LogP contribution < -0.4 is 19.5 Å². The zero-order valence-corrected chi connectivity index (χ0v) is 13.4. The molecular weight excluding hydrogens is 322 g/mol. The van der Waals surface area contributed by atoms with E-state index in [2.05, 4.69) is 10.5 Å². The molecule has 1 N–H and O–H groups in total. The fourth-order valence-electron chi connectivity index (χ4n) is 2.07. The third-order valence-corrected chi connectivity index (χ3v) is 3.15. The van der Waals surface area contributed by atoms with Crippen molar-refractivity contribution in [2.75, 3.05) is 26.6 Å². The van der Waals surface area contributed by atoms with E-state index in [4.69, 9.17) is 18.7 Å². The lowest BCUT2D eigenvalue weighted by Gasteiger charge is -2.14. The van der Waals surface area contributed by atoms with Crippen molar-refractivity contribution < 1.29 is 28.5 Å². The van der Waals surface area contributed by atoms with Gasteiger partial charge in [-0.15, -0.1) is 0 Å². The molecular formula is C14H15N3O7. The molecule has 1 aromatic heterocycles. The van der Waals surface area contributed by atoms with E-state index in [1.54, 1.807) is 0 Å². The Morgan fingerprint density at radius 2 is 1.79 bits per heavy atom. The number of nitro groups is 1. The van der Waals surface area contributed by atoms with Gasteiger partial charge in [-0.2, -0.15) is 0 Å². The van der Waals surface area contributed by atoms with Gasteiger partial charge in [0, 0.05) is 24.7 Å². The first-order chi connectivity index (χ1) is 11.4. The monoisotopic (exact) mass is 337 g/mol. The van der Waals surface area contributed by atoms with E-state index in [0.29, 0.717) is 17.2 Å². The number of aromatic nitrogens is 1. The summed E-state index contributed by atoms with van der Waals surface area (Å²) >= 11 is 0. The molecule has 1 amide bonds. The molecule has 0 spiro atoms. The highest BCUT2D eigenvalue weighted by Crippen LogP contribution is 2.40. The molecule has 0 aliphatic heterocycles.